The summed E-state index contributed by atoms with van der Waals surface area (Å²) in [5.74, 6) is 0. The number of likely N-dealkylation sites (tertiary alicyclic amines) is 1. The van der Waals surface area contributed by atoms with E-state index < -0.39 is 0 Å². The molecule has 0 amide bonds. The van der Waals surface area contributed by atoms with Gasteiger partial charge in [0.2, 0.25) is 0 Å². The maximum absolute atomic E-state index is 2.31. The summed E-state index contributed by atoms with van der Waals surface area (Å²) >= 11 is 0. The van der Waals surface area contributed by atoms with E-state index in [1.807, 2.05) is 0 Å². The van der Waals surface area contributed by atoms with Gasteiger partial charge in [-0.3, -0.25) is 0 Å². The first kappa shape index (κ1) is 27.0. The molecule has 0 aromatic carbocycles. The highest BCUT2D eigenvalue weighted by molar-refractivity contribution is 4.57. The zero-order chi connectivity index (χ0) is 20.9. The highest BCUT2D eigenvalue weighted by atomic mass is 15.4. The first-order valence-electron chi connectivity index (χ1n) is 14.2. The van der Waals surface area contributed by atoms with Crippen LogP contribution in [0, 0.1) is 0 Å². The van der Waals surface area contributed by atoms with E-state index in [1.165, 1.54) is 172 Å². The van der Waals surface area contributed by atoms with E-state index in [4.69, 9.17) is 0 Å². The second-order valence-corrected chi connectivity index (χ2v) is 10.3. The standard InChI is InChI=1S/C28H58N/c1-3-5-7-9-11-13-15-17-19-21-25-29(27-23-24-28-29)26-22-20-18-16-14-12-10-8-6-4-2/h3-28H2,1-2H3/q+1. The van der Waals surface area contributed by atoms with Gasteiger partial charge in [0.15, 0.2) is 0 Å². The Labute approximate surface area is 186 Å². The summed E-state index contributed by atoms with van der Waals surface area (Å²) in [6.45, 7) is 10.6. The van der Waals surface area contributed by atoms with E-state index in [0.717, 1.165) is 0 Å². The molecule has 1 fully saturated rings. The van der Waals surface area contributed by atoms with Gasteiger partial charge in [0.25, 0.3) is 0 Å². The molecule has 0 spiro atoms. The third-order valence-electron chi connectivity index (χ3n) is 7.49. The molecule has 1 rings (SSSR count). The molecule has 1 aliphatic heterocycles. The average Bonchev–Trinajstić information content (AvgIpc) is 3.20. The monoisotopic (exact) mass is 408 g/mol. The van der Waals surface area contributed by atoms with Crippen LogP contribution >= 0.6 is 0 Å². The molecule has 1 nitrogen and oxygen atoms in total. The lowest BCUT2D eigenvalue weighted by Gasteiger charge is -2.34. The fraction of sp³-hybridized carbons (Fsp3) is 1.00. The Morgan fingerprint density at radius 3 is 0.966 bits per heavy atom. The van der Waals surface area contributed by atoms with Crippen molar-refractivity contribution in [3.8, 4) is 0 Å². The minimum absolute atomic E-state index is 1.37. The molecule has 0 atom stereocenters. The molecule has 1 aliphatic rings. The minimum atomic E-state index is 1.37. The van der Waals surface area contributed by atoms with Crippen molar-refractivity contribution in [1.82, 2.24) is 0 Å². The lowest BCUT2D eigenvalue weighted by molar-refractivity contribution is -0.917. The normalized spacial score (nSPS) is 15.9. The molecule has 0 aliphatic carbocycles. The van der Waals surface area contributed by atoms with Crippen molar-refractivity contribution in [2.75, 3.05) is 26.2 Å². The van der Waals surface area contributed by atoms with Crippen LogP contribution in [-0.2, 0) is 0 Å². The molecule has 0 N–H and O–H groups in total. The fourth-order valence-corrected chi connectivity index (χ4v) is 5.43. The van der Waals surface area contributed by atoms with Gasteiger partial charge in [-0.25, -0.2) is 0 Å². The molecule has 0 unspecified atom stereocenters. The van der Waals surface area contributed by atoms with Crippen LogP contribution in [0.1, 0.15) is 155 Å². The summed E-state index contributed by atoms with van der Waals surface area (Å²) < 4.78 is 1.49. The molecule has 1 heterocycles. The minimum Gasteiger partial charge on any atom is -0.324 e. The van der Waals surface area contributed by atoms with Crippen LogP contribution in [0.4, 0.5) is 0 Å². The Bertz CT molecular complexity index is 292. The van der Waals surface area contributed by atoms with Crippen molar-refractivity contribution in [2.24, 2.45) is 0 Å². The molecule has 0 radical (unpaired) electrons. The van der Waals surface area contributed by atoms with E-state index in [-0.39, 0.29) is 0 Å². The van der Waals surface area contributed by atoms with Gasteiger partial charge in [0.05, 0.1) is 26.2 Å². The molecular formula is C28H58N+. The Morgan fingerprint density at radius 1 is 0.379 bits per heavy atom. The predicted molar refractivity (Wildman–Crippen MR) is 133 cm³/mol. The van der Waals surface area contributed by atoms with Crippen molar-refractivity contribution in [3.63, 3.8) is 0 Å². The lowest BCUT2D eigenvalue weighted by Crippen LogP contribution is -2.46. The number of unbranched alkanes of at least 4 members (excludes halogenated alkanes) is 18. The fourth-order valence-electron chi connectivity index (χ4n) is 5.43. The molecular weight excluding hydrogens is 350 g/mol. The molecule has 0 saturated carbocycles. The summed E-state index contributed by atoms with van der Waals surface area (Å²) in [5, 5.41) is 0. The molecule has 174 valence electrons. The van der Waals surface area contributed by atoms with Crippen molar-refractivity contribution in [1.29, 1.82) is 0 Å². The summed E-state index contributed by atoms with van der Waals surface area (Å²) in [5.41, 5.74) is 0. The SMILES string of the molecule is CCCCCCCCCCCC[N+]1(CCCCCCCCCCCC)CCCC1. The van der Waals surface area contributed by atoms with Crippen molar-refractivity contribution >= 4 is 0 Å². The first-order chi connectivity index (χ1) is 14.3. The smallest absolute Gasteiger partial charge is 0.0788 e. The quantitative estimate of drug-likeness (QED) is 0.124. The summed E-state index contributed by atoms with van der Waals surface area (Å²) in [4.78, 5) is 0. The van der Waals surface area contributed by atoms with E-state index in [0.29, 0.717) is 0 Å². The van der Waals surface area contributed by atoms with Crippen molar-refractivity contribution in [2.45, 2.75) is 155 Å². The summed E-state index contributed by atoms with van der Waals surface area (Å²) in [6.07, 6.45) is 32.4. The van der Waals surface area contributed by atoms with Gasteiger partial charge >= 0.3 is 0 Å². The molecule has 0 aromatic heterocycles. The molecule has 0 bridgehead atoms. The van der Waals surface area contributed by atoms with Crippen LogP contribution in [0.25, 0.3) is 0 Å². The molecule has 29 heavy (non-hydrogen) atoms. The number of rotatable bonds is 22. The Hall–Kier alpha value is -0.0400. The third kappa shape index (κ3) is 15.4. The average molecular weight is 409 g/mol. The van der Waals surface area contributed by atoms with Gasteiger partial charge in [-0.2, -0.15) is 0 Å². The van der Waals surface area contributed by atoms with Gasteiger partial charge in [0.1, 0.15) is 0 Å². The third-order valence-corrected chi connectivity index (χ3v) is 7.49. The highest BCUT2D eigenvalue weighted by Crippen LogP contribution is 2.23. The number of hydrogen-bond donors (Lipinski definition) is 0. The van der Waals surface area contributed by atoms with Gasteiger partial charge in [-0.15, -0.1) is 0 Å². The van der Waals surface area contributed by atoms with E-state index in [1.54, 1.807) is 0 Å². The molecule has 1 saturated heterocycles. The topological polar surface area (TPSA) is 0 Å². The van der Waals surface area contributed by atoms with Crippen molar-refractivity contribution in [3.05, 3.63) is 0 Å². The van der Waals surface area contributed by atoms with Crippen molar-refractivity contribution < 1.29 is 4.48 Å². The maximum Gasteiger partial charge on any atom is 0.0788 e. The van der Waals surface area contributed by atoms with Gasteiger partial charge < -0.3 is 4.48 Å². The van der Waals surface area contributed by atoms with Crippen LogP contribution in [0.15, 0.2) is 0 Å². The summed E-state index contributed by atoms with van der Waals surface area (Å²) in [6, 6.07) is 0. The highest BCUT2D eigenvalue weighted by Gasteiger charge is 2.30. The van der Waals surface area contributed by atoms with Crippen LogP contribution in [-0.4, -0.2) is 30.7 Å². The Balaban J connectivity index is 1.95. The van der Waals surface area contributed by atoms with Crippen LogP contribution < -0.4 is 0 Å². The summed E-state index contributed by atoms with van der Waals surface area (Å²) in [7, 11) is 0. The Kier molecular flexibility index (Phi) is 18.5. The lowest BCUT2D eigenvalue weighted by atomic mass is 10.1. The van der Waals surface area contributed by atoms with Crippen LogP contribution in [0.2, 0.25) is 0 Å². The van der Waals surface area contributed by atoms with Gasteiger partial charge in [0, 0.05) is 12.8 Å². The zero-order valence-electron chi connectivity index (χ0n) is 20.8. The van der Waals surface area contributed by atoms with E-state index >= 15 is 0 Å². The molecule has 1 heteroatoms. The second-order valence-electron chi connectivity index (χ2n) is 10.3. The first-order valence-corrected chi connectivity index (χ1v) is 14.2. The predicted octanol–water partition coefficient (Wildman–Crippen LogP) is 9.44. The number of nitrogens with zero attached hydrogens (tertiary/aromatic N) is 1. The van der Waals surface area contributed by atoms with Crippen LogP contribution in [0.5, 0.6) is 0 Å². The van der Waals surface area contributed by atoms with Gasteiger partial charge in [-0.1, -0.05) is 117 Å². The maximum atomic E-state index is 2.31. The number of hydrogen-bond acceptors (Lipinski definition) is 0. The van der Waals surface area contributed by atoms with Crippen LogP contribution in [0.3, 0.4) is 0 Å². The van der Waals surface area contributed by atoms with E-state index in [9.17, 15) is 0 Å². The Morgan fingerprint density at radius 2 is 0.655 bits per heavy atom. The zero-order valence-corrected chi connectivity index (χ0v) is 20.8. The van der Waals surface area contributed by atoms with E-state index in [2.05, 4.69) is 13.8 Å². The second kappa shape index (κ2) is 19.9. The van der Waals surface area contributed by atoms with Gasteiger partial charge in [-0.05, 0) is 25.7 Å². The molecule has 0 aromatic rings. The number of quaternary nitrogens is 1. The largest absolute Gasteiger partial charge is 0.324 e.